The van der Waals surface area contributed by atoms with Gasteiger partial charge in [-0.3, -0.25) is 4.79 Å². The van der Waals surface area contributed by atoms with Gasteiger partial charge in [-0.15, -0.1) is 0 Å². The number of carbonyl (C=O) groups excluding carboxylic acids is 1. The first kappa shape index (κ1) is 16.1. The van der Waals surface area contributed by atoms with Crippen molar-refractivity contribution in [3.63, 3.8) is 0 Å². The Morgan fingerprint density at radius 1 is 1.23 bits per heavy atom. The summed E-state index contributed by atoms with van der Waals surface area (Å²) in [4.78, 5) is 14.6. The van der Waals surface area contributed by atoms with Crippen molar-refractivity contribution in [2.24, 2.45) is 0 Å². The molecule has 0 fully saturated rings. The third-order valence-corrected chi connectivity index (χ3v) is 5.06. The summed E-state index contributed by atoms with van der Waals surface area (Å²) in [5.74, 6) is -0.311. The minimum absolute atomic E-state index is 0.0327. The van der Waals surface area contributed by atoms with E-state index in [0.717, 1.165) is 23.6 Å². The lowest BCUT2D eigenvalue weighted by Gasteiger charge is -2.17. The Bertz CT molecular complexity index is 1020. The molecule has 4 rings (SSSR count). The van der Waals surface area contributed by atoms with Gasteiger partial charge in [0.1, 0.15) is 11.1 Å². The number of nitrogens with one attached hydrogen (secondary N) is 1. The lowest BCUT2D eigenvalue weighted by molar-refractivity contribution is 0.0989. The molecule has 26 heavy (non-hydrogen) atoms. The summed E-state index contributed by atoms with van der Waals surface area (Å²) in [7, 11) is 0. The van der Waals surface area contributed by atoms with Crippen LogP contribution in [0.3, 0.4) is 0 Å². The minimum Gasteiger partial charge on any atom is -0.492 e. The first-order chi connectivity index (χ1) is 12.7. The van der Waals surface area contributed by atoms with Crippen molar-refractivity contribution in [2.45, 2.75) is 6.42 Å². The van der Waals surface area contributed by atoms with Crippen molar-refractivity contribution < 1.29 is 9.90 Å². The van der Waals surface area contributed by atoms with E-state index in [4.69, 9.17) is 5.26 Å². The predicted octanol–water partition coefficient (Wildman–Crippen LogP) is 3.67. The molecule has 0 radical (unpaired) electrons. The highest BCUT2D eigenvalue weighted by Crippen LogP contribution is 2.32. The molecule has 3 aromatic rings. The molecule has 0 aliphatic carbocycles. The van der Waals surface area contributed by atoms with Crippen LogP contribution in [0, 0.1) is 11.3 Å². The Hall–Kier alpha value is -3.37. The Balaban J connectivity index is 1.53. The average Bonchev–Trinajstić information content (AvgIpc) is 3.25. The molecule has 2 N–H and O–H groups in total. The van der Waals surface area contributed by atoms with E-state index in [2.05, 4.69) is 9.69 Å². The number of rotatable bonds is 3. The molecular weight excluding hydrogens is 348 g/mol. The van der Waals surface area contributed by atoms with Gasteiger partial charge in [0, 0.05) is 23.5 Å². The van der Waals surface area contributed by atoms with Crippen LogP contribution in [0.5, 0.6) is 5.88 Å². The summed E-state index contributed by atoms with van der Waals surface area (Å²) in [6.45, 7) is 0.684. The third-order valence-electron chi connectivity index (χ3n) is 4.31. The largest absolute Gasteiger partial charge is 0.492 e. The first-order valence-electron chi connectivity index (χ1n) is 8.03. The van der Waals surface area contributed by atoms with Crippen molar-refractivity contribution in [3.8, 4) is 11.9 Å². The Kier molecular flexibility index (Phi) is 4.03. The van der Waals surface area contributed by atoms with Gasteiger partial charge in [-0.1, -0.05) is 18.2 Å². The zero-order chi connectivity index (χ0) is 18.1. The molecule has 128 valence electrons. The van der Waals surface area contributed by atoms with Gasteiger partial charge in [-0.2, -0.15) is 9.64 Å². The van der Waals surface area contributed by atoms with Gasteiger partial charge >= 0.3 is 0 Å². The second-order valence-electron chi connectivity index (χ2n) is 5.86. The van der Waals surface area contributed by atoms with Crippen molar-refractivity contribution in [3.05, 3.63) is 65.2 Å². The monoisotopic (exact) mass is 362 g/mol. The number of carbonyl (C=O) groups is 1. The number of hydrogen-bond acceptors (Lipinski definition) is 6. The predicted molar refractivity (Wildman–Crippen MR) is 100 cm³/mol. The molecule has 1 amide bonds. The number of aromatic hydroxyl groups is 1. The summed E-state index contributed by atoms with van der Waals surface area (Å²) < 4.78 is 3.75. The Morgan fingerprint density at radius 2 is 2.00 bits per heavy atom. The summed E-state index contributed by atoms with van der Waals surface area (Å²) in [5.41, 5.74) is 3.58. The lowest BCUT2D eigenvalue weighted by atomic mass is 10.1. The number of nitrogens with zero attached hydrogens (tertiary/aromatic N) is 3. The molecule has 0 atom stereocenters. The van der Waals surface area contributed by atoms with Crippen molar-refractivity contribution in [2.75, 3.05) is 16.8 Å². The molecule has 0 saturated carbocycles. The number of nitriles is 1. The van der Waals surface area contributed by atoms with Crippen LogP contribution in [0.15, 0.2) is 48.5 Å². The average molecular weight is 362 g/mol. The van der Waals surface area contributed by atoms with Gasteiger partial charge < -0.3 is 15.3 Å². The fourth-order valence-electron chi connectivity index (χ4n) is 3.00. The van der Waals surface area contributed by atoms with E-state index in [1.807, 2.05) is 30.3 Å². The van der Waals surface area contributed by atoms with Crippen LogP contribution in [-0.4, -0.2) is 21.9 Å². The van der Waals surface area contributed by atoms with E-state index in [-0.39, 0.29) is 17.4 Å². The molecule has 2 aromatic carbocycles. The topological polar surface area (TPSA) is 89.2 Å². The van der Waals surface area contributed by atoms with Gasteiger partial charge in [0.25, 0.3) is 5.91 Å². The number of hydrogen-bond donors (Lipinski definition) is 2. The second-order valence-corrected chi connectivity index (χ2v) is 6.63. The van der Waals surface area contributed by atoms with Gasteiger partial charge in [-0.25, -0.2) is 0 Å². The van der Waals surface area contributed by atoms with Gasteiger partial charge in [-0.05, 0) is 53.8 Å². The van der Waals surface area contributed by atoms with Crippen molar-refractivity contribution in [1.82, 2.24) is 4.37 Å². The summed E-state index contributed by atoms with van der Waals surface area (Å²) in [5, 5.41) is 22.1. The Labute approximate surface area is 154 Å². The maximum Gasteiger partial charge on any atom is 0.258 e. The SMILES string of the molecule is N#Cc1c(O)nsc1Nc1ccc(C(=O)N2CCc3ccccc32)cc1. The third kappa shape index (κ3) is 2.76. The normalized spacial score (nSPS) is 12.5. The second kappa shape index (κ2) is 6.50. The van der Waals surface area contributed by atoms with Crippen LogP contribution in [0.4, 0.5) is 16.4 Å². The van der Waals surface area contributed by atoms with E-state index in [9.17, 15) is 9.90 Å². The van der Waals surface area contributed by atoms with Crippen LogP contribution < -0.4 is 10.2 Å². The lowest BCUT2D eigenvalue weighted by Crippen LogP contribution is -2.28. The highest BCUT2D eigenvalue weighted by molar-refractivity contribution is 7.10. The minimum atomic E-state index is -0.278. The molecule has 0 unspecified atom stereocenters. The van der Waals surface area contributed by atoms with E-state index in [1.54, 1.807) is 29.2 Å². The molecule has 0 spiro atoms. The van der Waals surface area contributed by atoms with Crippen LogP contribution >= 0.6 is 11.5 Å². The molecular formula is C19H14N4O2S. The quantitative estimate of drug-likeness (QED) is 0.742. The molecule has 1 aromatic heterocycles. The van der Waals surface area contributed by atoms with Crippen molar-refractivity contribution >= 4 is 33.8 Å². The van der Waals surface area contributed by atoms with E-state index in [0.29, 0.717) is 22.8 Å². The molecule has 1 aliphatic heterocycles. The molecule has 0 saturated heterocycles. The number of benzene rings is 2. The Morgan fingerprint density at radius 3 is 2.77 bits per heavy atom. The van der Waals surface area contributed by atoms with Gasteiger partial charge in [0.05, 0.1) is 0 Å². The fourth-order valence-corrected chi connectivity index (χ4v) is 3.66. The highest BCUT2D eigenvalue weighted by atomic mass is 32.1. The van der Waals surface area contributed by atoms with Crippen LogP contribution in [0.25, 0.3) is 0 Å². The van der Waals surface area contributed by atoms with Crippen molar-refractivity contribution in [1.29, 1.82) is 5.26 Å². The number of para-hydroxylation sites is 1. The molecule has 7 heteroatoms. The van der Waals surface area contributed by atoms with Gasteiger partial charge in [0.15, 0.2) is 5.56 Å². The summed E-state index contributed by atoms with van der Waals surface area (Å²) in [6, 6.07) is 16.9. The van der Waals surface area contributed by atoms with E-state index in [1.165, 1.54) is 5.56 Å². The summed E-state index contributed by atoms with van der Waals surface area (Å²) >= 11 is 1.01. The van der Waals surface area contributed by atoms with Crippen LogP contribution in [-0.2, 0) is 6.42 Å². The maximum absolute atomic E-state index is 12.8. The van der Waals surface area contributed by atoms with Gasteiger partial charge in [0.2, 0.25) is 5.88 Å². The number of amides is 1. The first-order valence-corrected chi connectivity index (χ1v) is 8.80. The molecule has 0 bridgehead atoms. The fraction of sp³-hybridized carbons (Fsp3) is 0.105. The van der Waals surface area contributed by atoms with Crippen LogP contribution in [0.1, 0.15) is 21.5 Å². The molecule has 2 heterocycles. The van der Waals surface area contributed by atoms with Crippen LogP contribution in [0.2, 0.25) is 0 Å². The standard InChI is InChI=1S/C19H14N4O2S/c20-11-15-17(24)22-26-18(15)21-14-7-5-13(6-8-14)19(25)23-10-9-12-3-1-2-4-16(12)23/h1-8,21H,9-10H2,(H,22,24). The highest BCUT2D eigenvalue weighted by Gasteiger charge is 2.25. The van der Waals surface area contributed by atoms with E-state index < -0.39 is 0 Å². The zero-order valence-corrected chi connectivity index (χ0v) is 14.5. The number of anilines is 3. The summed E-state index contributed by atoms with van der Waals surface area (Å²) in [6.07, 6.45) is 0.868. The smallest absolute Gasteiger partial charge is 0.258 e. The maximum atomic E-state index is 12.8. The van der Waals surface area contributed by atoms with E-state index >= 15 is 0 Å². The zero-order valence-electron chi connectivity index (χ0n) is 13.6. The number of fused-ring (bicyclic) bond motifs is 1. The number of aromatic nitrogens is 1. The molecule has 6 nitrogen and oxygen atoms in total. The molecule has 1 aliphatic rings.